The van der Waals surface area contributed by atoms with E-state index in [1.165, 1.54) is 83.5 Å². The van der Waals surface area contributed by atoms with E-state index < -0.39 is 0 Å². The van der Waals surface area contributed by atoms with Crippen LogP contribution in [0, 0.1) is 34.5 Å². The molecule has 0 radical (unpaired) electrons. The van der Waals surface area contributed by atoms with E-state index in [9.17, 15) is 0 Å². The van der Waals surface area contributed by atoms with Gasteiger partial charge in [-0.3, -0.25) is 0 Å². The summed E-state index contributed by atoms with van der Waals surface area (Å²) in [7, 11) is 0. The van der Waals surface area contributed by atoms with Gasteiger partial charge < -0.3 is 5.73 Å². The molecule has 4 aliphatic carbocycles. The first-order valence-electron chi connectivity index (χ1n) is 11.2. The van der Waals surface area contributed by atoms with Crippen LogP contribution in [0.1, 0.15) is 104 Å². The lowest BCUT2D eigenvalue weighted by atomic mass is 9.44. The number of hydrogen-bond acceptors (Lipinski definition) is 1. The highest BCUT2D eigenvalue weighted by molar-refractivity contribution is 5.15. The third-order valence-electron chi connectivity index (χ3n) is 9.99. The van der Waals surface area contributed by atoms with Gasteiger partial charge in [0.05, 0.1) is 0 Å². The number of unbranched alkanes of at least 4 members (excludes halogenated alkanes) is 1. The van der Waals surface area contributed by atoms with E-state index in [1.54, 1.807) is 0 Å². The molecule has 4 fully saturated rings. The lowest BCUT2D eigenvalue weighted by Gasteiger charge is -2.61. The predicted molar refractivity (Wildman–Crippen MR) is 103 cm³/mol. The first-order chi connectivity index (χ1) is 11.4. The van der Waals surface area contributed by atoms with Crippen molar-refractivity contribution >= 4 is 0 Å². The van der Waals surface area contributed by atoms with Gasteiger partial charge in [-0.1, -0.05) is 46.5 Å². The summed E-state index contributed by atoms with van der Waals surface area (Å²) in [6, 6.07) is 0. The van der Waals surface area contributed by atoms with Gasteiger partial charge in [0.2, 0.25) is 0 Å². The fraction of sp³-hybridized carbons (Fsp3) is 1.00. The van der Waals surface area contributed by atoms with Gasteiger partial charge in [0, 0.05) is 5.54 Å². The number of hydrogen-bond donors (Lipinski definition) is 1. The van der Waals surface area contributed by atoms with Crippen molar-refractivity contribution in [3.8, 4) is 0 Å². The van der Waals surface area contributed by atoms with Crippen LogP contribution in [-0.2, 0) is 0 Å². The Kier molecular flexibility index (Phi) is 4.34. The van der Waals surface area contributed by atoms with Crippen LogP contribution in [0.5, 0.6) is 0 Å². The van der Waals surface area contributed by atoms with Crippen LogP contribution in [0.4, 0.5) is 0 Å². The molecule has 0 saturated heterocycles. The largest absolute Gasteiger partial charge is 0.325 e. The van der Waals surface area contributed by atoms with Crippen molar-refractivity contribution in [3.63, 3.8) is 0 Å². The summed E-state index contributed by atoms with van der Waals surface area (Å²) >= 11 is 0. The Bertz CT molecular complexity index is 473. The average molecular weight is 332 g/mol. The van der Waals surface area contributed by atoms with E-state index in [1.807, 2.05) is 0 Å². The highest BCUT2D eigenvalue weighted by Crippen LogP contribution is 2.68. The lowest BCUT2D eigenvalue weighted by molar-refractivity contribution is -0.114. The maximum Gasteiger partial charge on any atom is 0.0211 e. The second-order valence-corrected chi connectivity index (χ2v) is 10.7. The fourth-order valence-electron chi connectivity index (χ4n) is 8.37. The fourth-order valence-corrected chi connectivity index (χ4v) is 8.37. The summed E-state index contributed by atoms with van der Waals surface area (Å²) in [6.45, 7) is 7.62. The summed E-state index contributed by atoms with van der Waals surface area (Å²) in [4.78, 5) is 0. The monoisotopic (exact) mass is 331 g/mol. The van der Waals surface area contributed by atoms with Gasteiger partial charge in [-0.25, -0.2) is 0 Å². The Labute approximate surface area is 150 Å². The first-order valence-corrected chi connectivity index (χ1v) is 11.2. The molecule has 5 unspecified atom stereocenters. The Morgan fingerprint density at radius 2 is 1.67 bits per heavy atom. The molecule has 1 nitrogen and oxygen atoms in total. The zero-order chi connectivity index (χ0) is 17.0. The van der Waals surface area contributed by atoms with Crippen LogP contribution in [0.3, 0.4) is 0 Å². The smallest absolute Gasteiger partial charge is 0.0211 e. The molecule has 0 aromatic heterocycles. The van der Waals surface area contributed by atoms with Gasteiger partial charge in [-0.05, 0) is 92.3 Å². The topological polar surface area (TPSA) is 26.0 Å². The minimum Gasteiger partial charge on any atom is -0.325 e. The quantitative estimate of drug-likeness (QED) is 0.644. The molecule has 0 heterocycles. The van der Waals surface area contributed by atoms with E-state index in [0.29, 0.717) is 10.8 Å². The molecule has 4 aliphatic rings. The van der Waals surface area contributed by atoms with Gasteiger partial charge in [-0.2, -0.15) is 0 Å². The molecule has 24 heavy (non-hydrogen) atoms. The van der Waals surface area contributed by atoms with Crippen molar-refractivity contribution in [2.45, 2.75) is 110 Å². The molecular weight excluding hydrogens is 290 g/mol. The molecule has 7 atom stereocenters. The summed E-state index contributed by atoms with van der Waals surface area (Å²) in [5.41, 5.74) is 8.37. The van der Waals surface area contributed by atoms with Crippen LogP contribution in [-0.4, -0.2) is 5.54 Å². The minimum absolute atomic E-state index is 0.142. The van der Waals surface area contributed by atoms with Crippen molar-refractivity contribution in [2.75, 3.05) is 0 Å². The number of fused-ring (bicyclic) bond motifs is 5. The van der Waals surface area contributed by atoms with E-state index in [-0.39, 0.29) is 5.54 Å². The Hall–Kier alpha value is -0.0400. The molecule has 4 rings (SSSR count). The van der Waals surface area contributed by atoms with E-state index in [2.05, 4.69) is 20.8 Å². The molecule has 0 aromatic carbocycles. The van der Waals surface area contributed by atoms with Crippen LogP contribution >= 0.6 is 0 Å². The standard InChI is InChI=1S/C23H41N/c1-4-5-14-23(24)16-12-20-18-10-9-17-8-6-7-13-21(17,2)19(18)11-15-22(20,23)3/h17-20H,4-16,24H2,1-3H3/t17?,18?,19?,20-,21?,22?,23+/m0/s1. The second-order valence-electron chi connectivity index (χ2n) is 10.7. The highest BCUT2D eigenvalue weighted by atomic mass is 14.8. The van der Waals surface area contributed by atoms with Crippen molar-refractivity contribution < 1.29 is 0 Å². The molecule has 4 saturated carbocycles. The summed E-state index contributed by atoms with van der Waals surface area (Å²) in [5, 5.41) is 0. The van der Waals surface area contributed by atoms with Gasteiger partial charge in [0.25, 0.3) is 0 Å². The van der Waals surface area contributed by atoms with Gasteiger partial charge in [0.1, 0.15) is 0 Å². The molecule has 0 aliphatic heterocycles. The Morgan fingerprint density at radius 3 is 2.46 bits per heavy atom. The van der Waals surface area contributed by atoms with Crippen LogP contribution < -0.4 is 5.73 Å². The molecule has 0 spiro atoms. The van der Waals surface area contributed by atoms with Gasteiger partial charge in [-0.15, -0.1) is 0 Å². The highest BCUT2D eigenvalue weighted by Gasteiger charge is 2.63. The first kappa shape index (κ1) is 17.4. The van der Waals surface area contributed by atoms with Crippen molar-refractivity contribution in [2.24, 2.45) is 40.2 Å². The van der Waals surface area contributed by atoms with Crippen molar-refractivity contribution in [1.82, 2.24) is 0 Å². The molecular formula is C23H41N. The molecule has 0 aromatic rings. The second kappa shape index (κ2) is 6.00. The molecule has 1 heteroatoms. The van der Waals surface area contributed by atoms with Gasteiger partial charge in [0.15, 0.2) is 0 Å². The Morgan fingerprint density at radius 1 is 0.875 bits per heavy atom. The van der Waals surface area contributed by atoms with Crippen LogP contribution in [0.2, 0.25) is 0 Å². The van der Waals surface area contributed by atoms with Crippen LogP contribution in [0.15, 0.2) is 0 Å². The molecule has 2 N–H and O–H groups in total. The van der Waals surface area contributed by atoms with E-state index in [0.717, 1.165) is 23.7 Å². The summed E-state index contributed by atoms with van der Waals surface area (Å²) in [5.74, 6) is 3.98. The van der Waals surface area contributed by atoms with Crippen LogP contribution in [0.25, 0.3) is 0 Å². The minimum atomic E-state index is 0.142. The zero-order valence-electron chi connectivity index (χ0n) is 16.6. The van der Waals surface area contributed by atoms with Crippen molar-refractivity contribution in [1.29, 1.82) is 0 Å². The number of nitrogens with two attached hydrogens (primary N) is 1. The van der Waals surface area contributed by atoms with E-state index >= 15 is 0 Å². The Balaban J connectivity index is 1.59. The third kappa shape index (κ3) is 2.29. The SMILES string of the molecule is CCCC[C@@]1(N)CC[C@H]2C3CCC4CCCCC4(C)C3CCC21C. The molecule has 0 amide bonds. The summed E-state index contributed by atoms with van der Waals surface area (Å²) < 4.78 is 0. The van der Waals surface area contributed by atoms with Crippen molar-refractivity contribution in [3.05, 3.63) is 0 Å². The van der Waals surface area contributed by atoms with E-state index in [4.69, 9.17) is 5.73 Å². The summed E-state index contributed by atoms with van der Waals surface area (Å²) in [6.07, 6.45) is 18.6. The maximum atomic E-state index is 7.12. The maximum absolute atomic E-state index is 7.12. The molecule has 138 valence electrons. The third-order valence-corrected chi connectivity index (χ3v) is 9.99. The molecule has 0 bridgehead atoms. The lowest BCUT2D eigenvalue weighted by Crippen LogP contribution is -2.59. The zero-order valence-corrected chi connectivity index (χ0v) is 16.6. The average Bonchev–Trinajstić information content (AvgIpc) is 2.84. The predicted octanol–water partition coefficient (Wildman–Crippen LogP) is 6.31. The number of rotatable bonds is 3. The normalized spacial score (nSPS) is 54.0. The van der Waals surface area contributed by atoms with Gasteiger partial charge >= 0.3 is 0 Å².